The largest absolute Gasteiger partial charge is 0.507 e. The van der Waals surface area contributed by atoms with Crippen molar-refractivity contribution >= 4 is 38.3 Å². The standard InChI is InChI=1S/C28H21NO/c30-26-18-21-11-7-8-14-23(21)28-27(26)24-16-15-20(19-9-3-1-4-10-19)17-25(24)29(28)22-12-5-2-6-13-22/h1-5,7-12,14-18,30H,6,13H2. The van der Waals surface area contributed by atoms with Gasteiger partial charge in [-0.25, -0.2) is 0 Å². The number of phenolic OH excluding ortho intramolecular Hbond substituents is 1. The average molecular weight is 387 g/mol. The lowest BCUT2D eigenvalue weighted by Gasteiger charge is -2.15. The molecule has 0 unspecified atom stereocenters. The molecule has 1 heterocycles. The Labute approximate surface area is 175 Å². The molecule has 2 nitrogen and oxygen atoms in total. The van der Waals surface area contributed by atoms with Crippen molar-refractivity contribution in [1.82, 2.24) is 4.57 Å². The zero-order valence-electron chi connectivity index (χ0n) is 16.5. The molecule has 0 amide bonds. The van der Waals surface area contributed by atoms with Gasteiger partial charge in [-0.05, 0) is 47.6 Å². The monoisotopic (exact) mass is 387 g/mol. The zero-order valence-corrected chi connectivity index (χ0v) is 16.5. The Morgan fingerprint density at radius 2 is 1.60 bits per heavy atom. The van der Waals surface area contributed by atoms with Gasteiger partial charge in [-0.1, -0.05) is 78.9 Å². The number of fused-ring (bicyclic) bond motifs is 5. The minimum atomic E-state index is 0.340. The van der Waals surface area contributed by atoms with E-state index in [0.29, 0.717) is 5.75 Å². The minimum Gasteiger partial charge on any atom is -0.507 e. The van der Waals surface area contributed by atoms with Crippen molar-refractivity contribution < 1.29 is 5.11 Å². The summed E-state index contributed by atoms with van der Waals surface area (Å²) < 4.78 is 2.36. The first-order chi connectivity index (χ1) is 14.8. The molecule has 30 heavy (non-hydrogen) atoms. The van der Waals surface area contributed by atoms with Crippen LogP contribution in [0.5, 0.6) is 5.75 Å². The molecule has 144 valence electrons. The maximum absolute atomic E-state index is 11.0. The van der Waals surface area contributed by atoms with Gasteiger partial charge in [-0.15, -0.1) is 0 Å². The fraction of sp³-hybridized carbons (Fsp3) is 0.0714. The molecular weight excluding hydrogens is 366 g/mol. The first kappa shape index (κ1) is 17.1. The number of rotatable bonds is 2. The lowest BCUT2D eigenvalue weighted by atomic mass is 10.0. The van der Waals surface area contributed by atoms with Crippen LogP contribution in [0.4, 0.5) is 0 Å². The summed E-state index contributed by atoms with van der Waals surface area (Å²) in [5.41, 5.74) is 5.87. The van der Waals surface area contributed by atoms with Crippen molar-refractivity contribution in [3.05, 3.63) is 97.1 Å². The Kier molecular flexibility index (Phi) is 3.78. The van der Waals surface area contributed by atoms with Gasteiger partial charge in [-0.2, -0.15) is 0 Å². The van der Waals surface area contributed by atoms with Crippen LogP contribution in [0.25, 0.3) is 49.4 Å². The molecule has 2 heteroatoms. The molecule has 4 aromatic carbocycles. The SMILES string of the molecule is Oc1cc2ccccc2c2c1c1ccc(-c3ccccc3)cc1n2C1=CC=CCC1. The number of phenols is 1. The van der Waals surface area contributed by atoms with Crippen molar-refractivity contribution in [3.8, 4) is 16.9 Å². The van der Waals surface area contributed by atoms with Gasteiger partial charge in [0, 0.05) is 16.5 Å². The number of hydrogen-bond acceptors (Lipinski definition) is 1. The molecule has 6 rings (SSSR count). The maximum Gasteiger partial charge on any atom is 0.126 e. The number of nitrogens with zero attached hydrogens (tertiary/aromatic N) is 1. The first-order valence-corrected chi connectivity index (χ1v) is 10.4. The molecule has 1 aliphatic carbocycles. The zero-order chi connectivity index (χ0) is 20.1. The van der Waals surface area contributed by atoms with Crippen molar-refractivity contribution in [2.45, 2.75) is 12.8 Å². The summed E-state index contributed by atoms with van der Waals surface area (Å²) in [4.78, 5) is 0. The van der Waals surface area contributed by atoms with E-state index in [1.165, 1.54) is 22.2 Å². The molecule has 0 bridgehead atoms. The fourth-order valence-electron chi connectivity index (χ4n) is 4.74. The van der Waals surface area contributed by atoms with E-state index in [-0.39, 0.29) is 0 Å². The van der Waals surface area contributed by atoms with Gasteiger partial charge in [0.2, 0.25) is 0 Å². The highest BCUT2D eigenvalue weighted by Crippen LogP contribution is 2.43. The molecule has 0 aliphatic heterocycles. The fourth-order valence-corrected chi connectivity index (χ4v) is 4.74. The Morgan fingerprint density at radius 1 is 0.767 bits per heavy atom. The summed E-state index contributed by atoms with van der Waals surface area (Å²) >= 11 is 0. The maximum atomic E-state index is 11.0. The summed E-state index contributed by atoms with van der Waals surface area (Å²) in [7, 11) is 0. The van der Waals surface area contributed by atoms with Crippen LogP contribution in [0, 0.1) is 0 Å². The highest BCUT2D eigenvalue weighted by atomic mass is 16.3. The minimum absolute atomic E-state index is 0.340. The van der Waals surface area contributed by atoms with E-state index in [1.807, 2.05) is 18.2 Å². The van der Waals surface area contributed by atoms with Crippen LogP contribution < -0.4 is 0 Å². The summed E-state index contributed by atoms with van der Waals surface area (Å²) in [5, 5.41) is 15.3. The van der Waals surface area contributed by atoms with Crippen molar-refractivity contribution in [1.29, 1.82) is 0 Å². The highest BCUT2D eigenvalue weighted by Gasteiger charge is 2.20. The van der Waals surface area contributed by atoms with E-state index >= 15 is 0 Å². The molecule has 0 saturated carbocycles. The van der Waals surface area contributed by atoms with Gasteiger partial charge in [0.25, 0.3) is 0 Å². The highest BCUT2D eigenvalue weighted by molar-refractivity contribution is 6.22. The molecule has 1 aliphatic rings. The third-order valence-corrected chi connectivity index (χ3v) is 6.12. The quantitative estimate of drug-likeness (QED) is 0.333. The number of hydrogen-bond donors (Lipinski definition) is 1. The van der Waals surface area contributed by atoms with Crippen LogP contribution in [-0.4, -0.2) is 9.67 Å². The van der Waals surface area contributed by atoms with Crippen molar-refractivity contribution in [2.24, 2.45) is 0 Å². The molecule has 0 saturated heterocycles. The van der Waals surface area contributed by atoms with Crippen LogP contribution in [0.2, 0.25) is 0 Å². The smallest absolute Gasteiger partial charge is 0.126 e. The third-order valence-electron chi connectivity index (χ3n) is 6.12. The van der Waals surface area contributed by atoms with E-state index in [2.05, 4.69) is 83.5 Å². The summed E-state index contributed by atoms with van der Waals surface area (Å²) in [6.45, 7) is 0. The number of allylic oxidation sites excluding steroid dienone is 4. The normalized spacial score (nSPS) is 13.9. The van der Waals surface area contributed by atoms with Crippen LogP contribution >= 0.6 is 0 Å². The van der Waals surface area contributed by atoms with E-state index < -0.39 is 0 Å². The van der Waals surface area contributed by atoms with E-state index in [9.17, 15) is 5.11 Å². The summed E-state index contributed by atoms with van der Waals surface area (Å²) in [6.07, 6.45) is 8.57. The molecule has 1 N–H and O–H groups in total. The molecule has 0 atom stereocenters. The second-order valence-electron chi connectivity index (χ2n) is 7.90. The van der Waals surface area contributed by atoms with Crippen LogP contribution in [0.15, 0.2) is 97.1 Å². The molecule has 0 spiro atoms. The topological polar surface area (TPSA) is 25.2 Å². The molecular formula is C28H21NO. The van der Waals surface area contributed by atoms with E-state index in [0.717, 1.165) is 40.0 Å². The number of aromatic nitrogens is 1. The van der Waals surface area contributed by atoms with Gasteiger partial charge >= 0.3 is 0 Å². The van der Waals surface area contributed by atoms with Gasteiger partial charge < -0.3 is 9.67 Å². The van der Waals surface area contributed by atoms with Crippen LogP contribution in [-0.2, 0) is 0 Å². The summed E-state index contributed by atoms with van der Waals surface area (Å²) in [5.74, 6) is 0.340. The van der Waals surface area contributed by atoms with Gasteiger partial charge in [0.15, 0.2) is 0 Å². The van der Waals surface area contributed by atoms with Crippen LogP contribution in [0.3, 0.4) is 0 Å². The first-order valence-electron chi connectivity index (χ1n) is 10.4. The Hall–Kier alpha value is -3.78. The average Bonchev–Trinajstić information content (AvgIpc) is 3.15. The Bertz CT molecular complexity index is 1490. The third kappa shape index (κ3) is 2.50. The second kappa shape index (κ2) is 6.64. The molecule has 1 aromatic heterocycles. The van der Waals surface area contributed by atoms with Gasteiger partial charge in [0.05, 0.1) is 16.4 Å². The Balaban J connectivity index is 1.80. The lowest BCUT2D eigenvalue weighted by Crippen LogP contribution is -1.99. The van der Waals surface area contributed by atoms with Gasteiger partial charge in [0.1, 0.15) is 5.75 Å². The lowest BCUT2D eigenvalue weighted by molar-refractivity contribution is 0.483. The van der Waals surface area contributed by atoms with Crippen molar-refractivity contribution in [2.75, 3.05) is 0 Å². The van der Waals surface area contributed by atoms with Crippen molar-refractivity contribution in [3.63, 3.8) is 0 Å². The predicted octanol–water partition coefficient (Wildman–Crippen LogP) is 7.51. The molecule has 0 radical (unpaired) electrons. The second-order valence-corrected chi connectivity index (χ2v) is 7.90. The molecule has 5 aromatic rings. The van der Waals surface area contributed by atoms with E-state index in [4.69, 9.17) is 0 Å². The summed E-state index contributed by atoms with van der Waals surface area (Å²) in [6, 6.07) is 27.3. The predicted molar refractivity (Wildman–Crippen MR) is 127 cm³/mol. The van der Waals surface area contributed by atoms with Crippen LogP contribution in [0.1, 0.15) is 12.8 Å². The number of aromatic hydroxyl groups is 1. The Morgan fingerprint density at radius 3 is 2.43 bits per heavy atom. The molecule has 0 fully saturated rings. The number of benzene rings is 4. The van der Waals surface area contributed by atoms with Gasteiger partial charge in [-0.3, -0.25) is 0 Å². The van der Waals surface area contributed by atoms with E-state index in [1.54, 1.807) is 0 Å².